The molecular formula is C16H30N4. The van der Waals surface area contributed by atoms with E-state index >= 15 is 0 Å². The van der Waals surface area contributed by atoms with Gasteiger partial charge in [-0.3, -0.25) is 0 Å². The van der Waals surface area contributed by atoms with E-state index in [1.54, 1.807) is 0 Å². The summed E-state index contributed by atoms with van der Waals surface area (Å²) in [6.07, 6.45) is 3.48. The van der Waals surface area contributed by atoms with E-state index < -0.39 is 0 Å². The minimum atomic E-state index is 0.333. The normalized spacial score (nSPS) is 12.6. The molecule has 0 saturated heterocycles. The summed E-state index contributed by atoms with van der Waals surface area (Å²) in [4.78, 5) is 9.36. The van der Waals surface area contributed by atoms with E-state index in [4.69, 9.17) is 4.98 Å². The number of anilines is 2. The second-order valence-corrected chi connectivity index (χ2v) is 5.63. The molecule has 0 aliphatic heterocycles. The maximum atomic E-state index is 4.72. The molecule has 114 valence electrons. The predicted octanol–water partition coefficient (Wildman–Crippen LogP) is 4.33. The maximum absolute atomic E-state index is 4.72. The molecule has 1 heterocycles. The van der Waals surface area contributed by atoms with Crippen LogP contribution in [0, 0.1) is 6.92 Å². The van der Waals surface area contributed by atoms with Crippen LogP contribution in [0.2, 0.25) is 0 Å². The molecule has 20 heavy (non-hydrogen) atoms. The maximum Gasteiger partial charge on any atom is 0.135 e. The van der Waals surface area contributed by atoms with Gasteiger partial charge >= 0.3 is 0 Å². The van der Waals surface area contributed by atoms with Gasteiger partial charge in [0.1, 0.15) is 17.5 Å². The fourth-order valence-electron chi connectivity index (χ4n) is 2.19. The monoisotopic (exact) mass is 278 g/mol. The molecule has 4 heteroatoms. The van der Waals surface area contributed by atoms with E-state index in [0.29, 0.717) is 12.0 Å². The zero-order valence-corrected chi connectivity index (χ0v) is 13.9. The number of aromatic nitrogens is 2. The third-order valence-electron chi connectivity index (χ3n) is 3.49. The highest BCUT2D eigenvalue weighted by Crippen LogP contribution is 2.24. The van der Waals surface area contributed by atoms with Crippen molar-refractivity contribution < 1.29 is 0 Å². The van der Waals surface area contributed by atoms with Gasteiger partial charge < -0.3 is 10.6 Å². The summed E-state index contributed by atoms with van der Waals surface area (Å²) in [5.74, 6) is 3.18. The van der Waals surface area contributed by atoms with Gasteiger partial charge in [-0.15, -0.1) is 0 Å². The molecule has 1 aromatic rings. The Hall–Kier alpha value is -1.32. The minimum absolute atomic E-state index is 0.333. The van der Waals surface area contributed by atoms with Crippen molar-refractivity contribution in [2.24, 2.45) is 0 Å². The topological polar surface area (TPSA) is 49.8 Å². The van der Waals surface area contributed by atoms with Crippen molar-refractivity contribution in [1.82, 2.24) is 9.97 Å². The fraction of sp³-hybridized carbons (Fsp3) is 0.750. The number of rotatable bonds is 8. The molecular weight excluding hydrogens is 248 g/mol. The molecule has 0 fully saturated rings. The fourth-order valence-corrected chi connectivity index (χ4v) is 2.19. The van der Waals surface area contributed by atoms with Gasteiger partial charge in [-0.2, -0.15) is 0 Å². The largest absolute Gasteiger partial charge is 0.370 e. The van der Waals surface area contributed by atoms with Gasteiger partial charge in [0.25, 0.3) is 0 Å². The first-order valence-electron chi connectivity index (χ1n) is 7.92. The average Bonchev–Trinajstić information content (AvgIpc) is 2.42. The second-order valence-electron chi connectivity index (χ2n) is 5.63. The molecule has 0 aromatic carbocycles. The van der Waals surface area contributed by atoms with Crippen LogP contribution in [-0.4, -0.2) is 22.6 Å². The summed E-state index contributed by atoms with van der Waals surface area (Å²) in [5, 5.41) is 6.94. The molecule has 1 rings (SSSR count). The van der Waals surface area contributed by atoms with E-state index in [2.05, 4.69) is 57.2 Å². The molecule has 0 amide bonds. The van der Waals surface area contributed by atoms with E-state index in [9.17, 15) is 0 Å². The van der Waals surface area contributed by atoms with Crippen LogP contribution in [0.5, 0.6) is 0 Å². The summed E-state index contributed by atoms with van der Waals surface area (Å²) in [6, 6.07) is 0.489. The zero-order chi connectivity index (χ0) is 15.1. The SMILES string of the molecule is CCCC(CC)Nc1nc(C(C)C)nc(NCC)c1C. The summed E-state index contributed by atoms with van der Waals surface area (Å²) in [5.41, 5.74) is 1.12. The molecule has 0 bridgehead atoms. The van der Waals surface area contributed by atoms with Crippen molar-refractivity contribution in [1.29, 1.82) is 0 Å². The number of hydrogen-bond donors (Lipinski definition) is 2. The van der Waals surface area contributed by atoms with Crippen molar-refractivity contribution in [3.8, 4) is 0 Å². The third-order valence-corrected chi connectivity index (χ3v) is 3.49. The van der Waals surface area contributed by atoms with E-state index in [1.807, 2.05) is 0 Å². The lowest BCUT2D eigenvalue weighted by atomic mass is 10.1. The summed E-state index contributed by atoms with van der Waals surface area (Å²) in [6.45, 7) is 13.8. The first-order chi connectivity index (χ1) is 9.53. The summed E-state index contributed by atoms with van der Waals surface area (Å²) >= 11 is 0. The molecule has 0 radical (unpaired) electrons. The van der Waals surface area contributed by atoms with Crippen LogP contribution >= 0.6 is 0 Å². The summed E-state index contributed by atoms with van der Waals surface area (Å²) < 4.78 is 0. The van der Waals surface area contributed by atoms with Gasteiger partial charge in [0.15, 0.2) is 0 Å². The van der Waals surface area contributed by atoms with Gasteiger partial charge in [0.05, 0.1) is 0 Å². The van der Waals surface area contributed by atoms with E-state index in [0.717, 1.165) is 36.0 Å². The highest BCUT2D eigenvalue weighted by atomic mass is 15.1. The van der Waals surface area contributed by atoms with Gasteiger partial charge in [-0.1, -0.05) is 34.1 Å². The molecule has 4 nitrogen and oxygen atoms in total. The Morgan fingerprint density at radius 3 is 2.20 bits per heavy atom. The van der Waals surface area contributed by atoms with Crippen LogP contribution in [-0.2, 0) is 0 Å². The molecule has 0 aliphatic rings. The smallest absolute Gasteiger partial charge is 0.135 e. The second kappa shape index (κ2) is 8.08. The molecule has 0 spiro atoms. The van der Waals surface area contributed by atoms with Crippen LogP contribution < -0.4 is 10.6 Å². The molecule has 0 aliphatic carbocycles. The lowest BCUT2D eigenvalue weighted by Gasteiger charge is -2.21. The van der Waals surface area contributed by atoms with Crippen LogP contribution in [0.15, 0.2) is 0 Å². The third kappa shape index (κ3) is 4.36. The van der Waals surface area contributed by atoms with Crippen molar-refractivity contribution in [2.75, 3.05) is 17.2 Å². The Bertz CT molecular complexity index is 415. The first kappa shape index (κ1) is 16.7. The molecule has 2 N–H and O–H groups in total. The van der Waals surface area contributed by atoms with Crippen molar-refractivity contribution in [3.63, 3.8) is 0 Å². The average molecular weight is 278 g/mol. The van der Waals surface area contributed by atoms with Crippen molar-refractivity contribution in [3.05, 3.63) is 11.4 Å². The van der Waals surface area contributed by atoms with Gasteiger partial charge in [0, 0.05) is 24.1 Å². The zero-order valence-electron chi connectivity index (χ0n) is 13.9. The molecule has 1 aromatic heterocycles. The minimum Gasteiger partial charge on any atom is -0.370 e. The van der Waals surface area contributed by atoms with Crippen LogP contribution in [0.4, 0.5) is 11.6 Å². The van der Waals surface area contributed by atoms with E-state index in [1.165, 1.54) is 12.8 Å². The Balaban J connectivity index is 3.09. The lowest BCUT2D eigenvalue weighted by molar-refractivity contribution is 0.618. The predicted molar refractivity (Wildman–Crippen MR) is 87.6 cm³/mol. The molecule has 0 saturated carbocycles. The van der Waals surface area contributed by atoms with Crippen molar-refractivity contribution in [2.45, 2.75) is 72.8 Å². The number of hydrogen-bond acceptors (Lipinski definition) is 4. The summed E-state index contributed by atoms with van der Waals surface area (Å²) in [7, 11) is 0. The van der Waals surface area contributed by atoms with Crippen LogP contribution in [0.3, 0.4) is 0 Å². The Kier molecular flexibility index (Phi) is 6.76. The highest BCUT2D eigenvalue weighted by molar-refractivity contribution is 5.57. The van der Waals surface area contributed by atoms with Gasteiger partial charge in [0.2, 0.25) is 0 Å². The standard InChI is InChI=1S/C16H30N4/c1-7-10-13(8-2)18-16-12(6)15(17-9-3)19-14(20-16)11(4)5/h11,13H,7-10H2,1-6H3,(H2,17,18,19,20). The van der Waals surface area contributed by atoms with Crippen LogP contribution in [0.1, 0.15) is 71.2 Å². The number of nitrogens with zero attached hydrogens (tertiary/aromatic N) is 2. The first-order valence-corrected chi connectivity index (χ1v) is 7.92. The number of nitrogens with one attached hydrogen (secondary N) is 2. The van der Waals surface area contributed by atoms with E-state index in [-0.39, 0.29) is 0 Å². The molecule has 1 atom stereocenters. The lowest BCUT2D eigenvalue weighted by Crippen LogP contribution is -2.21. The van der Waals surface area contributed by atoms with Crippen molar-refractivity contribution >= 4 is 11.6 Å². The van der Waals surface area contributed by atoms with Crippen LogP contribution in [0.25, 0.3) is 0 Å². The molecule has 1 unspecified atom stereocenters. The van der Waals surface area contributed by atoms with Gasteiger partial charge in [-0.25, -0.2) is 9.97 Å². The Labute approximate surface area is 123 Å². The highest BCUT2D eigenvalue weighted by Gasteiger charge is 2.15. The van der Waals surface area contributed by atoms with Gasteiger partial charge in [-0.05, 0) is 26.7 Å². The Morgan fingerprint density at radius 1 is 1.05 bits per heavy atom. The quantitative estimate of drug-likeness (QED) is 0.743. The Morgan fingerprint density at radius 2 is 1.70 bits per heavy atom.